The predicted molar refractivity (Wildman–Crippen MR) is 68.5 cm³/mol. The minimum atomic E-state index is -1.04. The number of nitrogens with zero attached hydrogens (tertiary/aromatic N) is 1. The van der Waals surface area contributed by atoms with Gasteiger partial charge in [-0.15, -0.1) is 0 Å². The van der Waals surface area contributed by atoms with Crippen LogP contribution in [0.4, 0.5) is 5.69 Å². The van der Waals surface area contributed by atoms with Crippen LogP contribution in [0.25, 0.3) is 0 Å². The normalized spacial score (nSPS) is 15.6. The molecule has 2 rings (SSSR count). The second-order valence-electron chi connectivity index (χ2n) is 4.93. The summed E-state index contributed by atoms with van der Waals surface area (Å²) in [6, 6.07) is 7.66. The Kier molecular flexibility index (Phi) is 3.36. The minimum absolute atomic E-state index is 0.206. The highest BCUT2D eigenvalue weighted by atomic mass is 16.4. The third-order valence-electron chi connectivity index (χ3n) is 3.35. The molecule has 1 aliphatic rings. The predicted octanol–water partition coefficient (Wildman–Crippen LogP) is 1.93. The number of hydrogen-bond acceptors (Lipinski definition) is 2. The first-order chi connectivity index (χ1) is 8.52. The highest BCUT2D eigenvalue weighted by Gasteiger charge is 2.36. The number of hydrogen-bond donors (Lipinski definition) is 1. The Labute approximate surface area is 106 Å². The molecule has 1 aromatic rings. The number of carbonyl (C=O) groups excluding carboxylic acids is 1. The molecule has 1 atom stereocenters. The van der Waals surface area contributed by atoms with Gasteiger partial charge in [-0.05, 0) is 24.0 Å². The van der Waals surface area contributed by atoms with Crippen molar-refractivity contribution in [2.45, 2.75) is 20.3 Å². The average molecular weight is 247 g/mol. The topological polar surface area (TPSA) is 57.6 Å². The molecule has 1 heterocycles. The maximum absolute atomic E-state index is 12.3. The van der Waals surface area contributed by atoms with Crippen LogP contribution in [0, 0.1) is 11.8 Å². The van der Waals surface area contributed by atoms with E-state index in [1.54, 1.807) is 18.7 Å². The summed E-state index contributed by atoms with van der Waals surface area (Å²) in [4.78, 5) is 25.1. The Morgan fingerprint density at radius 2 is 1.94 bits per heavy atom. The van der Waals surface area contributed by atoms with Gasteiger partial charge in [0.25, 0.3) is 0 Å². The molecule has 0 saturated heterocycles. The second-order valence-corrected chi connectivity index (χ2v) is 4.93. The second kappa shape index (κ2) is 4.80. The molecule has 1 aliphatic heterocycles. The number of rotatable bonds is 3. The maximum Gasteiger partial charge on any atom is 0.316 e. The molecule has 1 N–H and O–H groups in total. The number of carboxylic acid groups (broad SMARTS) is 1. The van der Waals surface area contributed by atoms with E-state index in [2.05, 4.69) is 0 Å². The highest BCUT2D eigenvalue weighted by molar-refractivity contribution is 6.06. The summed E-state index contributed by atoms with van der Waals surface area (Å²) in [5.41, 5.74) is 1.97. The van der Waals surface area contributed by atoms with E-state index in [4.69, 9.17) is 0 Å². The standard InChI is InChI=1S/C14H17NO3/c1-9(2)12(14(17)18)13(16)15-8-7-10-5-3-4-6-11(10)15/h3-6,9,12H,7-8H2,1-2H3,(H,17,18). The van der Waals surface area contributed by atoms with Gasteiger partial charge >= 0.3 is 5.97 Å². The molecule has 4 nitrogen and oxygen atoms in total. The van der Waals surface area contributed by atoms with E-state index < -0.39 is 11.9 Å². The zero-order chi connectivity index (χ0) is 13.3. The maximum atomic E-state index is 12.3. The van der Waals surface area contributed by atoms with E-state index in [9.17, 15) is 14.7 Å². The molecule has 0 bridgehead atoms. The smallest absolute Gasteiger partial charge is 0.316 e. The first-order valence-electron chi connectivity index (χ1n) is 6.14. The number of anilines is 1. The van der Waals surface area contributed by atoms with Crippen LogP contribution in [0.3, 0.4) is 0 Å². The summed E-state index contributed by atoms with van der Waals surface area (Å²) in [6.07, 6.45) is 0.798. The van der Waals surface area contributed by atoms with Crippen molar-refractivity contribution in [3.05, 3.63) is 29.8 Å². The molecule has 1 amide bonds. The van der Waals surface area contributed by atoms with Gasteiger partial charge in [-0.3, -0.25) is 9.59 Å². The lowest BCUT2D eigenvalue weighted by Crippen LogP contribution is -2.41. The number of fused-ring (bicyclic) bond motifs is 1. The lowest BCUT2D eigenvalue weighted by molar-refractivity contribution is -0.147. The van der Waals surface area contributed by atoms with E-state index in [-0.39, 0.29) is 11.8 Å². The number of carboxylic acids is 1. The number of carbonyl (C=O) groups is 2. The van der Waals surface area contributed by atoms with Crippen LogP contribution in [0.5, 0.6) is 0 Å². The molecule has 0 spiro atoms. The van der Waals surface area contributed by atoms with Gasteiger partial charge in [0, 0.05) is 12.2 Å². The first-order valence-corrected chi connectivity index (χ1v) is 6.14. The van der Waals surface area contributed by atoms with Crippen molar-refractivity contribution in [3.63, 3.8) is 0 Å². The highest BCUT2D eigenvalue weighted by Crippen LogP contribution is 2.30. The Bertz CT molecular complexity index is 482. The van der Waals surface area contributed by atoms with Gasteiger partial charge < -0.3 is 10.0 Å². The van der Waals surface area contributed by atoms with E-state index in [1.807, 2.05) is 24.3 Å². The van der Waals surface area contributed by atoms with Crippen molar-refractivity contribution < 1.29 is 14.7 Å². The fourth-order valence-electron chi connectivity index (χ4n) is 2.41. The zero-order valence-corrected chi connectivity index (χ0v) is 10.6. The van der Waals surface area contributed by atoms with Gasteiger partial charge in [0.2, 0.25) is 5.91 Å². The zero-order valence-electron chi connectivity index (χ0n) is 10.6. The van der Waals surface area contributed by atoms with Gasteiger partial charge in [0.1, 0.15) is 5.92 Å². The van der Waals surface area contributed by atoms with Crippen molar-refractivity contribution in [1.29, 1.82) is 0 Å². The van der Waals surface area contributed by atoms with E-state index in [0.29, 0.717) is 6.54 Å². The Balaban J connectivity index is 2.28. The molecule has 1 aromatic carbocycles. The molecule has 0 aliphatic carbocycles. The van der Waals surface area contributed by atoms with Crippen molar-refractivity contribution in [2.75, 3.05) is 11.4 Å². The van der Waals surface area contributed by atoms with Crippen LogP contribution in [0.15, 0.2) is 24.3 Å². The minimum Gasteiger partial charge on any atom is -0.481 e. The van der Waals surface area contributed by atoms with Gasteiger partial charge in [-0.25, -0.2) is 0 Å². The van der Waals surface area contributed by atoms with Gasteiger partial charge in [-0.2, -0.15) is 0 Å². The summed E-state index contributed by atoms with van der Waals surface area (Å²) in [5, 5.41) is 9.17. The first kappa shape index (κ1) is 12.6. The molecular formula is C14H17NO3. The van der Waals surface area contributed by atoms with Crippen molar-refractivity contribution in [1.82, 2.24) is 0 Å². The average Bonchev–Trinajstić information content (AvgIpc) is 2.71. The fraction of sp³-hybridized carbons (Fsp3) is 0.429. The van der Waals surface area contributed by atoms with Crippen molar-refractivity contribution >= 4 is 17.6 Å². The molecule has 18 heavy (non-hydrogen) atoms. The fourth-order valence-corrected chi connectivity index (χ4v) is 2.41. The SMILES string of the molecule is CC(C)C(C(=O)O)C(=O)N1CCc2ccccc21. The van der Waals surface area contributed by atoms with Gasteiger partial charge in [-0.1, -0.05) is 32.0 Å². The lowest BCUT2D eigenvalue weighted by atomic mass is 9.94. The number of amides is 1. The molecule has 0 radical (unpaired) electrons. The lowest BCUT2D eigenvalue weighted by Gasteiger charge is -2.23. The third-order valence-corrected chi connectivity index (χ3v) is 3.35. The van der Waals surface area contributed by atoms with Crippen LogP contribution in [-0.4, -0.2) is 23.5 Å². The molecular weight excluding hydrogens is 230 g/mol. The number of aliphatic carboxylic acids is 1. The van der Waals surface area contributed by atoms with Gasteiger partial charge in [0.05, 0.1) is 0 Å². The quantitative estimate of drug-likeness (QED) is 0.830. The molecule has 4 heteroatoms. The van der Waals surface area contributed by atoms with Crippen LogP contribution in [-0.2, 0) is 16.0 Å². The number of para-hydroxylation sites is 1. The Morgan fingerprint density at radius 3 is 2.56 bits per heavy atom. The largest absolute Gasteiger partial charge is 0.481 e. The number of benzene rings is 1. The van der Waals surface area contributed by atoms with Gasteiger partial charge in [0.15, 0.2) is 0 Å². The monoisotopic (exact) mass is 247 g/mol. The van der Waals surface area contributed by atoms with E-state index >= 15 is 0 Å². The summed E-state index contributed by atoms with van der Waals surface area (Å²) < 4.78 is 0. The van der Waals surface area contributed by atoms with Crippen molar-refractivity contribution in [3.8, 4) is 0 Å². The summed E-state index contributed by atoms with van der Waals surface area (Å²) in [6.45, 7) is 4.10. The van der Waals surface area contributed by atoms with Crippen LogP contribution in [0.2, 0.25) is 0 Å². The Hall–Kier alpha value is -1.84. The van der Waals surface area contributed by atoms with E-state index in [1.165, 1.54) is 0 Å². The molecule has 0 saturated carbocycles. The third kappa shape index (κ3) is 2.10. The van der Waals surface area contributed by atoms with Crippen LogP contribution in [0.1, 0.15) is 19.4 Å². The molecule has 1 unspecified atom stereocenters. The van der Waals surface area contributed by atoms with Crippen LogP contribution >= 0.6 is 0 Å². The molecule has 0 aromatic heterocycles. The van der Waals surface area contributed by atoms with Crippen LogP contribution < -0.4 is 4.90 Å². The van der Waals surface area contributed by atoms with E-state index in [0.717, 1.165) is 17.7 Å². The Morgan fingerprint density at radius 1 is 1.28 bits per heavy atom. The summed E-state index contributed by atoms with van der Waals surface area (Å²) in [5.74, 6) is -2.51. The molecule has 0 fully saturated rings. The molecule has 96 valence electrons. The summed E-state index contributed by atoms with van der Waals surface area (Å²) >= 11 is 0. The van der Waals surface area contributed by atoms with Crippen molar-refractivity contribution in [2.24, 2.45) is 11.8 Å². The summed E-state index contributed by atoms with van der Waals surface area (Å²) in [7, 11) is 0.